The molecule has 0 spiro atoms. The van der Waals surface area contributed by atoms with Gasteiger partial charge in [-0.1, -0.05) is 35.2 Å². The molecule has 7 heteroatoms. The van der Waals surface area contributed by atoms with Crippen LogP contribution in [0.15, 0.2) is 0 Å². The molecule has 3 atom stereocenters. The molecule has 1 N–H and O–H groups in total. The maximum absolute atomic E-state index is 12.6. The van der Waals surface area contributed by atoms with Gasteiger partial charge in [-0.15, -0.1) is 0 Å². The highest BCUT2D eigenvalue weighted by Gasteiger charge is 2.54. The van der Waals surface area contributed by atoms with E-state index < -0.39 is 30.0 Å². The van der Waals surface area contributed by atoms with Crippen LogP contribution in [0.25, 0.3) is 0 Å². The van der Waals surface area contributed by atoms with Gasteiger partial charge >= 0.3 is 11.9 Å². The predicted molar refractivity (Wildman–Crippen MR) is 78.0 cm³/mol. The summed E-state index contributed by atoms with van der Waals surface area (Å²) >= 11 is 3.26. The van der Waals surface area contributed by atoms with Crippen molar-refractivity contribution in [1.29, 1.82) is 0 Å². The zero-order valence-corrected chi connectivity index (χ0v) is 13.5. The Kier molecular flexibility index (Phi) is 5.24. The minimum atomic E-state index is -1.03. The molecular weight excluding hydrogens is 342 g/mol. The van der Waals surface area contributed by atoms with Crippen molar-refractivity contribution < 1.29 is 24.2 Å². The number of likely N-dealkylation sites (tertiary alicyclic amines) is 1. The molecule has 1 aliphatic heterocycles. The van der Waals surface area contributed by atoms with E-state index in [1.165, 1.54) is 11.8 Å². The van der Waals surface area contributed by atoms with Gasteiger partial charge in [0.15, 0.2) is 6.10 Å². The molecule has 0 bridgehead atoms. The van der Waals surface area contributed by atoms with Gasteiger partial charge in [0.2, 0.25) is 0 Å². The number of carbonyl (C=O) groups excluding carboxylic acids is 2. The van der Waals surface area contributed by atoms with E-state index in [9.17, 15) is 19.5 Å². The van der Waals surface area contributed by atoms with Crippen molar-refractivity contribution >= 4 is 33.8 Å². The van der Waals surface area contributed by atoms with Gasteiger partial charge in [-0.3, -0.25) is 9.59 Å². The number of hydrogen-bond donors (Lipinski definition) is 1. The quantitative estimate of drug-likeness (QED) is 0.606. The lowest BCUT2D eigenvalue weighted by atomic mass is 9.93. The van der Waals surface area contributed by atoms with Gasteiger partial charge in [-0.05, 0) is 12.8 Å². The average molecular weight is 362 g/mol. The summed E-state index contributed by atoms with van der Waals surface area (Å²) in [5.41, 5.74) is 0. The summed E-state index contributed by atoms with van der Waals surface area (Å²) in [4.78, 5) is 36.9. The molecule has 2 rings (SSSR count). The van der Waals surface area contributed by atoms with Crippen molar-refractivity contribution in [3.05, 3.63) is 0 Å². The predicted octanol–water partition coefficient (Wildman–Crippen LogP) is 1.56. The summed E-state index contributed by atoms with van der Waals surface area (Å²) < 4.78 is 5.10. The smallest absolute Gasteiger partial charge is 0.326 e. The number of rotatable bonds is 4. The van der Waals surface area contributed by atoms with E-state index in [2.05, 4.69) is 15.9 Å². The van der Waals surface area contributed by atoms with E-state index in [1.54, 1.807) is 0 Å². The molecule has 1 saturated carbocycles. The zero-order valence-electron chi connectivity index (χ0n) is 12.0. The Morgan fingerprint density at radius 3 is 2.43 bits per heavy atom. The summed E-state index contributed by atoms with van der Waals surface area (Å²) in [6.45, 7) is 1.23. The number of carboxylic acids is 1. The first-order chi connectivity index (χ1) is 9.97. The Bertz CT molecular complexity index is 435. The molecule has 0 aromatic rings. The molecule has 1 heterocycles. The van der Waals surface area contributed by atoms with E-state index in [4.69, 9.17) is 4.74 Å². The maximum atomic E-state index is 12.6. The van der Waals surface area contributed by atoms with E-state index >= 15 is 0 Å². The Hall–Kier alpha value is -1.11. The SMILES string of the molecule is CC(=O)O[C@@H]1C(=O)N(C2CCCCC2)[C@@H](C(=O)O)[C@H]1CBr. The number of nitrogens with zero attached hydrogens (tertiary/aromatic N) is 1. The molecule has 1 amide bonds. The van der Waals surface area contributed by atoms with Gasteiger partial charge in [0.1, 0.15) is 6.04 Å². The van der Waals surface area contributed by atoms with Gasteiger partial charge in [-0.25, -0.2) is 4.79 Å². The lowest BCUT2D eigenvalue weighted by Gasteiger charge is -2.34. The van der Waals surface area contributed by atoms with Crippen molar-refractivity contribution in [2.45, 2.75) is 57.2 Å². The number of alkyl halides is 1. The van der Waals surface area contributed by atoms with Crippen LogP contribution in [0.3, 0.4) is 0 Å². The fourth-order valence-corrected chi connectivity index (χ4v) is 4.08. The molecule has 0 aromatic carbocycles. The van der Waals surface area contributed by atoms with Crippen LogP contribution in [0.4, 0.5) is 0 Å². The van der Waals surface area contributed by atoms with Crippen molar-refractivity contribution in [3.63, 3.8) is 0 Å². The minimum Gasteiger partial charge on any atom is -0.480 e. The van der Waals surface area contributed by atoms with Gasteiger partial charge in [0, 0.05) is 24.2 Å². The minimum absolute atomic E-state index is 0.0607. The lowest BCUT2D eigenvalue weighted by Crippen LogP contribution is -2.48. The first kappa shape index (κ1) is 16.3. The van der Waals surface area contributed by atoms with Gasteiger partial charge in [0.25, 0.3) is 5.91 Å². The third-order valence-corrected chi connectivity index (χ3v) is 5.03. The summed E-state index contributed by atoms with van der Waals surface area (Å²) in [6.07, 6.45) is 3.75. The Balaban J connectivity index is 2.29. The zero-order chi connectivity index (χ0) is 15.6. The van der Waals surface area contributed by atoms with Crippen molar-refractivity contribution in [3.8, 4) is 0 Å². The largest absolute Gasteiger partial charge is 0.480 e. The fraction of sp³-hybridized carbons (Fsp3) is 0.786. The standard InChI is InChI=1S/C14H20BrNO5/c1-8(17)21-12-10(7-15)11(14(19)20)16(13(12)18)9-5-3-2-4-6-9/h9-12H,2-7H2,1H3,(H,19,20)/t10-,11-,12+/m1/s1. The van der Waals surface area contributed by atoms with Crippen LogP contribution in [0.5, 0.6) is 0 Å². The number of carbonyl (C=O) groups is 3. The van der Waals surface area contributed by atoms with Crippen LogP contribution in [-0.4, -0.2) is 51.4 Å². The highest BCUT2D eigenvalue weighted by atomic mass is 79.9. The molecular formula is C14H20BrNO5. The van der Waals surface area contributed by atoms with E-state index in [-0.39, 0.29) is 11.9 Å². The first-order valence-corrected chi connectivity index (χ1v) is 8.37. The molecule has 21 heavy (non-hydrogen) atoms. The Labute approximate surface area is 131 Å². The molecule has 1 saturated heterocycles. The molecule has 0 radical (unpaired) electrons. The molecule has 118 valence electrons. The Morgan fingerprint density at radius 1 is 1.33 bits per heavy atom. The second-order valence-electron chi connectivity index (χ2n) is 5.67. The number of carboxylic acid groups (broad SMARTS) is 1. The van der Waals surface area contributed by atoms with Crippen molar-refractivity contribution in [2.24, 2.45) is 5.92 Å². The van der Waals surface area contributed by atoms with E-state index in [0.717, 1.165) is 32.1 Å². The number of hydrogen-bond acceptors (Lipinski definition) is 4. The molecule has 2 fully saturated rings. The molecule has 0 aromatic heterocycles. The van der Waals surface area contributed by atoms with Gasteiger partial charge < -0.3 is 14.7 Å². The normalized spacial score (nSPS) is 30.5. The second-order valence-corrected chi connectivity index (χ2v) is 6.32. The van der Waals surface area contributed by atoms with Gasteiger partial charge in [-0.2, -0.15) is 0 Å². The fourth-order valence-electron chi connectivity index (χ4n) is 3.39. The third kappa shape index (κ3) is 3.22. The first-order valence-electron chi connectivity index (χ1n) is 7.25. The summed E-state index contributed by atoms with van der Waals surface area (Å²) in [5, 5.41) is 9.83. The topological polar surface area (TPSA) is 83.9 Å². The van der Waals surface area contributed by atoms with Gasteiger partial charge in [0.05, 0.1) is 0 Å². The number of esters is 1. The number of halogens is 1. The van der Waals surface area contributed by atoms with Crippen LogP contribution in [-0.2, 0) is 19.1 Å². The van der Waals surface area contributed by atoms with Crippen LogP contribution >= 0.6 is 15.9 Å². The molecule has 1 aliphatic carbocycles. The molecule has 0 unspecified atom stereocenters. The summed E-state index contributed by atoms with van der Waals surface area (Å²) in [7, 11) is 0. The maximum Gasteiger partial charge on any atom is 0.326 e. The number of amides is 1. The van der Waals surface area contributed by atoms with E-state index in [1.807, 2.05) is 0 Å². The number of ether oxygens (including phenoxy) is 1. The average Bonchev–Trinajstić information content (AvgIpc) is 2.72. The molecule has 6 nitrogen and oxygen atoms in total. The Morgan fingerprint density at radius 2 is 1.95 bits per heavy atom. The third-order valence-electron chi connectivity index (χ3n) is 4.28. The van der Waals surface area contributed by atoms with Crippen LogP contribution in [0.1, 0.15) is 39.0 Å². The van der Waals surface area contributed by atoms with Crippen LogP contribution in [0.2, 0.25) is 0 Å². The van der Waals surface area contributed by atoms with Crippen molar-refractivity contribution in [1.82, 2.24) is 4.90 Å². The van der Waals surface area contributed by atoms with Crippen LogP contribution in [0, 0.1) is 5.92 Å². The monoisotopic (exact) mass is 361 g/mol. The summed E-state index contributed by atoms with van der Waals surface area (Å²) in [6, 6.07) is -0.987. The number of aliphatic carboxylic acids is 1. The molecule has 2 aliphatic rings. The highest BCUT2D eigenvalue weighted by molar-refractivity contribution is 9.09. The summed E-state index contributed by atoms with van der Waals surface area (Å²) in [5.74, 6) is -2.52. The lowest BCUT2D eigenvalue weighted by molar-refractivity contribution is -0.156. The van der Waals surface area contributed by atoms with Crippen molar-refractivity contribution in [2.75, 3.05) is 5.33 Å². The highest BCUT2D eigenvalue weighted by Crippen LogP contribution is 2.36. The van der Waals surface area contributed by atoms with E-state index in [0.29, 0.717) is 5.33 Å². The second kappa shape index (κ2) is 6.77. The van der Waals surface area contributed by atoms with Crippen LogP contribution < -0.4 is 0 Å².